The van der Waals surface area contributed by atoms with Crippen LogP contribution >= 0.6 is 0 Å². The maximum atomic E-state index is 13.8. The summed E-state index contributed by atoms with van der Waals surface area (Å²) in [5, 5.41) is 0. The van der Waals surface area contributed by atoms with Gasteiger partial charge in [-0.25, -0.2) is 0 Å². The van der Waals surface area contributed by atoms with Crippen molar-refractivity contribution < 1.29 is 19.1 Å². The molecule has 8 heteroatoms. The number of anilines is 1. The first-order chi connectivity index (χ1) is 18.1. The minimum absolute atomic E-state index is 0.0150. The summed E-state index contributed by atoms with van der Waals surface area (Å²) in [6.45, 7) is 4.63. The van der Waals surface area contributed by atoms with E-state index < -0.39 is 0 Å². The van der Waals surface area contributed by atoms with Gasteiger partial charge in [-0.2, -0.15) is 0 Å². The fraction of sp³-hybridized carbons (Fsp3) is 0.345. The van der Waals surface area contributed by atoms with E-state index in [0.29, 0.717) is 49.2 Å². The first-order valence-electron chi connectivity index (χ1n) is 12.7. The molecule has 1 fully saturated rings. The van der Waals surface area contributed by atoms with Crippen LogP contribution in [0.3, 0.4) is 0 Å². The van der Waals surface area contributed by atoms with Gasteiger partial charge in [0.05, 0.1) is 30.8 Å². The Labute approximate surface area is 217 Å². The first kappa shape index (κ1) is 24.8. The highest BCUT2D eigenvalue weighted by atomic mass is 16.5. The summed E-state index contributed by atoms with van der Waals surface area (Å²) in [6.07, 6.45) is 7.75. The number of amidine groups is 1. The van der Waals surface area contributed by atoms with Crippen LogP contribution in [0.25, 0.3) is 0 Å². The van der Waals surface area contributed by atoms with E-state index in [2.05, 4.69) is 11.8 Å². The number of nitrogens with zero attached hydrogens (tertiary/aromatic N) is 4. The zero-order chi connectivity index (χ0) is 25.8. The van der Waals surface area contributed by atoms with Gasteiger partial charge in [0.25, 0.3) is 5.91 Å². The number of benzene rings is 2. The normalized spacial score (nSPS) is 22.3. The predicted octanol–water partition coefficient (Wildman–Crippen LogP) is 3.16. The molecule has 2 aliphatic heterocycles. The Balaban J connectivity index is 1.31. The number of carbonyl (C=O) groups is 2. The Morgan fingerprint density at radius 1 is 1.00 bits per heavy atom. The fourth-order valence-electron chi connectivity index (χ4n) is 5.05. The summed E-state index contributed by atoms with van der Waals surface area (Å²) in [4.78, 5) is 37.4. The molecule has 2 heterocycles. The van der Waals surface area contributed by atoms with E-state index in [-0.39, 0.29) is 36.4 Å². The van der Waals surface area contributed by atoms with E-state index in [1.54, 1.807) is 12.0 Å². The van der Waals surface area contributed by atoms with Crippen LogP contribution in [-0.2, 0) is 9.59 Å². The van der Waals surface area contributed by atoms with E-state index in [1.807, 2.05) is 83.8 Å². The summed E-state index contributed by atoms with van der Waals surface area (Å²) in [7, 11) is 1.61. The van der Waals surface area contributed by atoms with Crippen molar-refractivity contribution in [2.24, 2.45) is 10.9 Å². The smallest absolute Gasteiger partial charge is 0.260 e. The average Bonchev–Trinajstić information content (AvgIpc) is 2.96. The number of para-hydroxylation sites is 3. The second-order valence-corrected chi connectivity index (χ2v) is 9.31. The molecule has 2 aromatic rings. The van der Waals surface area contributed by atoms with E-state index in [9.17, 15) is 9.59 Å². The van der Waals surface area contributed by atoms with Crippen molar-refractivity contribution in [1.82, 2.24) is 9.80 Å². The van der Waals surface area contributed by atoms with Crippen LogP contribution in [0.1, 0.15) is 6.92 Å². The van der Waals surface area contributed by atoms with E-state index in [4.69, 9.17) is 14.5 Å². The predicted molar refractivity (Wildman–Crippen MR) is 143 cm³/mol. The van der Waals surface area contributed by atoms with Gasteiger partial charge < -0.3 is 14.4 Å². The number of piperazine rings is 1. The Hall–Kier alpha value is -3.91. The van der Waals surface area contributed by atoms with Crippen LogP contribution in [0.4, 0.5) is 5.69 Å². The van der Waals surface area contributed by atoms with Gasteiger partial charge >= 0.3 is 0 Å². The molecular weight excluding hydrogens is 468 g/mol. The molecule has 3 unspecified atom stereocenters. The van der Waals surface area contributed by atoms with Crippen LogP contribution < -0.4 is 14.4 Å². The molecule has 2 aromatic carbocycles. The molecule has 3 aliphatic rings. The van der Waals surface area contributed by atoms with Gasteiger partial charge in [-0.05, 0) is 31.2 Å². The Morgan fingerprint density at radius 2 is 1.70 bits per heavy atom. The lowest BCUT2D eigenvalue weighted by molar-refractivity contribution is -0.135. The van der Waals surface area contributed by atoms with Crippen LogP contribution in [0.15, 0.2) is 83.9 Å². The molecule has 0 aromatic heterocycles. The zero-order valence-corrected chi connectivity index (χ0v) is 21.2. The van der Waals surface area contributed by atoms with Gasteiger partial charge in [-0.1, -0.05) is 54.6 Å². The Bertz CT molecular complexity index is 1220. The Kier molecular flexibility index (Phi) is 7.37. The zero-order valence-electron chi connectivity index (χ0n) is 21.2. The molecule has 0 bridgehead atoms. The number of amides is 2. The highest BCUT2D eigenvalue weighted by Crippen LogP contribution is 2.35. The second kappa shape index (κ2) is 11.0. The minimum Gasteiger partial charge on any atom is -0.495 e. The standard InChI is InChI=1S/C29H32N4O4/c1-21(31-16-18-32(19-17-31)27(34)20-37-22-10-4-3-5-11-22)28-30-24-13-7-6-12-23(24)29(35)33(28)25-14-8-9-15-26(25)36-2/h3-15,21,23-24H,16-20H2,1-2H3. The molecule has 37 heavy (non-hydrogen) atoms. The lowest BCUT2D eigenvalue weighted by atomic mass is 9.91. The molecule has 8 nitrogen and oxygen atoms in total. The van der Waals surface area contributed by atoms with Crippen molar-refractivity contribution in [3.63, 3.8) is 0 Å². The number of rotatable bonds is 7. The third-order valence-electron chi connectivity index (χ3n) is 7.14. The molecule has 0 radical (unpaired) electrons. The molecule has 192 valence electrons. The minimum atomic E-state index is -0.343. The van der Waals surface area contributed by atoms with Gasteiger partial charge in [-0.15, -0.1) is 0 Å². The van der Waals surface area contributed by atoms with Crippen LogP contribution in [0, 0.1) is 5.92 Å². The fourth-order valence-corrected chi connectivity index (χ4v) is 5.05. The lowest BCUT2D eigenvalue weighted by Crippen LogP contribution is -2.59. The van der Waals surface area contributed by atoms with Crippen LogP contribution in [-0.4, -0.2) is 79.4 Å². The molecule has 5 rings (SSSR count). The van der Waals surface area contributed by atoms with Gasteiger partial charge in [0.1, 0.15) is 17.3 Å². The summed E-state index contributed by atoms with van der Waals surface area (Å²) in [5.74, 6) is 1.62. The monoisotopic (exact) mass is 500 g/mol. The maximum absolute atomic E-state index is 13.8. The highest BCUT2D eigenvalue weighted by molar-refractivity contribution is 6.22. The van der Waals surface area contributed by atoms with E-state index >= 15 is 0 Å². The molecule has 2 amide bonds. The summed E-state index contributed by atoms with van der Waals surface area (Å²) in [6, 6.07) is 16.5. The van der Waals surface area contributed by atoms with Gasteiger partial charge in [-0.3, -0.25) is 24.4 Å². The van der Waals surface area contributed by atoms with Crippen LogP contribution in [0.2, 0.25) is 0 Å². The SMILES string of the molecule is COc1ccccc1N1C(=O)C2C=CC=CC2N=C1C(C)N1CCN(C(=O)COc2ccccc2)CC1. The van der Waals surface area contributed by atoms with Crippen LogP contribution in [0.5, 0.6) is 11.5 Å². The largest absolute Gasteiger partial charge is 0.495 e. The molecular formula is C29H32N4O4. The Morgan fingerprint density at radius 3 is 2.46 bits per heavy atom. The molecule has 0 saturated carbocycles. The lowest BCUT2D eigenvalue weighted by Gasteiger charge is -2.43. The number of ether oxygens (including phenoxy) is 2. The van der Waals surface area contributed by atoms with Gasteiger partial charge in [0, 0.05) is 26.2 Å². The van der Waals surface area contributed by atoms with Crippen molar-refractivity contribution in [1.29, 1.82) is 0 Å². The van der Waals surface area contributed by atoms with Crippen molar-refractivity contribution in [2.75, 3.05) is 44.8 Å². The number of fused-ring (bicyclic) bond motifs is 1. The quantitative estimate of drug-likeness (QED) is 0.584. The van der Waals surface area contributed by atoms with E-state index in [1.165, 1.54) is 0 Å². The molecule has 1 aliphatic carbocycles. The van der Waals surface area contributed by atoms with E-state index in [0.717, 1.165) is 0 Å². The highest BCUT2D eigenvalue weighted by Gasteiger charge is 2.41. The average molecular weight is 501 g/mol. The molecule has 0 N–H and O–H groups in total. The van der Waals surface area contributed by atoms with Gasteiger partial charge in [0.2, 0.25) is 5.91 Å². The molecule has 1 saturated heterocycles. The summed E-state index contributed by atoms with van der Waals surface area (Å²) < 4.78 is 11.2. The van der Waals surface area contributed by atoms with Crippen molar-refractivity contribution in [3.05, 3.63) is 78.9 Å². The number of aliphatic imine (C=N–C) groups is 1. The number of hydrogen-bond donors (Lipinski definition) is 0. The summed E-state index contributed by atoms with van der Waals surface area (Å²) >= 11 is 0. The topological polar surface area (TPSA) is 74.7 Å². The number of carbonyl (C=O) groups excluding carboxylic acids is 2. The van der Waals surface area contributed by atoms with Gasteiger partial charge in [0.15, 0.2) is 6.61 Å². The van der Waals surface area contributed by atoms with Crippen molar-refractivity contribution >= 4 is 23.3 Å². The third-order valence-corrected chi connectivity index (χ3v) is 7.14. The first-order valence-corrected chi connectivity index (χ1v) is 12.7. The van der Waals surface area contributed by atoms with Crippen molar-refractivity contribution in [2.45, 2.75) is 19.0 Å². The number of methoxy groups -OCH3 is 1. The molecule has 3 atom stereocenters. The summed E-state index contributed by atoms with van der Waals surface area (Å²) in [5.41, 5.74) is 0.689. The third kappa shape index (κ3) is 5.15. The van der Waals surface area contributed by atoms with Crippen molar-refractivity contribution in [3.8, 4) is 11.5 Å². The molecule has 0 spiro atoms. The number of hydrogen-bond acceptors (Lipinski definition) is 6. The number of allylic oxidation sites excluding steroid dienone is 2. The maximum Gasteiger partial charge on any atom is 0.260 e. The second-order valence-electron chi connectivity index (χ2n) is 9.31.